The molecule has 15 rings (SSSR count). The first-order valence-corrected chi connectivity index (χ1v) is 32.8. The highest BCUT2D eigenvalue weighted by atomic mass is 32.2. The van der Waals surface area contributed by atoms with Crippen molar-refractivity contribution in [2.24, 2.45) is 0 Å². The molecule has 0 saturated carbocycles. The van der Waals surface area contributed by atoms with Crippen LogP contribution < -0.4 is 19.3 Å². The number of rotatable bonds is 12. The molecule has 1 unspecified atom stereocenters. The number of alkyl halides is 2. The molecule has 2 aromatic heterocycles. The van der Waals surface area contributed by atoms with Crippen LogP contribution in [0.1, 0.15) is 74.1 Å². The van der Waals surface area contributed by atoms with Crippen LogP contribution in [0.3, 0.4) is 0 Å². The van der Waals surface area contributed by atoms with Gasteiger partial charge in [0, 0.05) is 91.0 Å². The van der Waals surface area contributed by atoms with Gasteiger partial charge in [0.05, 0.1) is 39.5 Å². The maximum absolute atomic E-state index is 18.0. The summed E-state index contributed by atoms with van der Waals surface area (Å²) in [5, 5.41) is 23.2. The number of benzene rings is 6. The van der Waals surface area contributed by atoms with Crippen molar-refractivity contribution in [3.63, 3.8) is 0 Å². The highest BCUT2D eigenvalue weighted by Gasteiger charge is 2.56. The second kappa shape index (κ2) is 22.2. The zero-order valence-electron chi connectivity index (χ0n) is 49.9. The molecule has 0 spiro atoms. The lowest BCUT2D eigenvalue weighted by atomic mass is 9.87. The molecule has 17 nitrogen and oxygen atoms in total. The quantitative estimate of drug-likeness (QED) is 0.0868. The molecule has 7 aliphatic rings. The van der Waals surface area contributed by atoms with Crippen LogP contribution in [0.15, 0.2) is 66.7 Å². The van der Waals surface area contributed by atoms with Crippen LogP contribution in [0, 0.1) is 48.0 Å². The van der Waals surface area contributed by atoms with Crippen molar-refractivity contribution in [3.05, 3.63) is 107 Å². The second-order valence-electron chi connectivity index (χ2n) is 25.6. The van der Waals surface area contributed by atoms with Gasteiger partial charge in [-0.1, -0.05) is 30.0 Å². The number of cyclic esters (lactones) is 1. The molecule has 24 heteroatoms. The van der Waals surface area contributed by atoms with Crippen LogP contribution >= 0.6 is 0 Å². The first kappa shape index (κ1) is 59.5. The number of halogens is 6. The van der Waals surface area contributed by atoms with E-state index in [9.17, 15) is 27.8 Å². The largest absolute Gasteiger partial charge is 0.508 e. The number of phenolic OH excluding ortho intramolecular Hbond substituents is 2. The van der Waals surface area contributed by atoms with Crippen molar-refractivity contribution in [3.8, 4) is 70.5 Å². The highest BCUT2D eigenvalue weighted by molar-refractivity contribution is 7.91. The molecule has 7 fully saturated rings. The van der Waals surface area contributed by atoms with Gasteiger partial charge in [-0.05, 0) is 128 Å². The molecule has 474 valence electrons. The Hall–Kier alpha value is -8.84. The molecule has 2 N–H and O–H groups in total. The minimum atomic E-state index is -3.36. The zero-order valence-corrected chi connectivity index (χ0v) is 50.7. The molecule has 7 saturated heterocycles. The van der Waals surface area contributed by atoms with E-state index >= 15 is 22.0 Å². The number of sulfone groups is 1. The predicted octanol–water partition coefficient (Wildman–Crippen LogP) is 10.4. The van der Waals surface area contributed by atoms with Gasteiger partial charge in [0.25, 0.3) is 0 Å². The van der Waals surface area contributed by atoms with Gasteiger partial charge in [-0.3, -0.25) is 14.7 Å². The summed E-state index contributed by atoms with van der Waals surface area (Å²) in [6.07, 6.45) is 13.1. The van der Waals surface area contributed by atoms with Gasteiger partial charge in [0.2, 0.25) is 0 Å². The summed E-state index contributed by atoms with van der Waals surface area (Å²) in [6, 6.07) is 13.2. The average Bonchev–Trinajstić information content (AvgIpc) is 1.31. The number of anilines is 2. The van der Waals surface area contributed by atoms with E-state index in [-0.39, 0.29) is 203 Å². The first-order valence-electron chi connectivity index (χ1n) is 30.8. The number of aromatic hydroxyl groups is 2. The number of piperazine rings is 1. The minimum Gasteiger partial charge on any atom is -0.508 e. The van der Waals surface area contributed by atoms with Crippen molar-refractivity contribution in [1.82, 2.24) is 34.6 Å². The molecular formula is C68H61F6N9O8S. The number of fused-ring (bicyclic) bond motifs is 7. The number of piperidine rings is 1. The van der Waals surface area contributed by atoms with Gasteiger partial charge in [-0.2, -0.15) is 19.9 Å². The van der Waals surface area contributed by atoms with Crippen molar-refractivity contribution in [1.29, 1.82) is 0 Å². The summed E-state index contributed by atoms with van der Waals surface area (Å²) in [5.41, 5.74) is -2.55. The van der Waals surface area contributed by atoms with E-state index in [4.69, 9.17) is 37.0 Å². The number of phenols is 2. The third-order valence-corrected chi connectivity index (χ3v) is 22.0. The van der Waals surface area contributed by atoms with E-state index in [1.54, 1.807) is 17.0 Å². The van der Waals surface area contributed by atoms with Gasteiger partial charge in [-0.15, -0.1) is 12.8 Å². The Kier molecular flexibility index (Phi) is 14.3. The summed E-state index contributed by atoms with van der Waals surface area (Å²) in [4.78, 5) is 40.9. The van der Waals surface area contributed by atoms with Crippen molar-refractivity contribution < 1.29 is 64.0 Å². The third kappa shape index (κ3) is 9.68. The normalized spacial score (nSPS) is 24.4. The zero-order chi connectivity index (χ0) is 63.9. The molecule has 0 radical (unpaired) electrons. The fourth-order valence-corrected chi connectivity index (χ4v) is 17.1. The molecule has 9 heterocycles. The van der Waals surface area contributed by atoms with Crippen LogP contribution in [0.25, 0.3) is 65.6 Å². The number of amides is 1. The Morgan fingerprint density at radius 3 is 1.97 bits per heavy atom. The average molecular weight is 1280 g/mol. The van der Waals surface area contributed by atoms with Crippen LogP contribution in [0.2, 0.25) is 0 Å². The van der Waals surface area contributed by atoms with Crippen LogP contribution in [0.5, 0.6) is 23.5 Å². The fraction of sp³-hybridized carbons (Fsp3) is 0.397. The summed E-state index contributed by atoms with van der Waals surface area (Å²) in [7, 11) is -3.36. The Morgan fingerprint density at radius 2 is 1.29 bits per heavy atom. The topological polar surface area (TPSA) is 187 Å². The van der Waals surface area contributed by atoms with Gasteiger partial charge < -0.3 is 34.2 Å². The van der Waals surface area contributed by atoms with Gasteiger partial charge in [-0.25, -0.2) is 39.6 Å². The number of ether oxygens (including phenoxy) is 3. The summed E-state index contributed by atoms with van der Waals surface area (Å²) in [5.74, 6) is 1.35. The Morgan fingerprint density at radius 1 is 0.674 bits per heavy atom. The maximum Gasteiger partial charge on any atom is 0.410 e. The molecular weight excluding hydrogens is 1220 g/mol. The maximum atomic E-state index is 18.0. The standard InChI is InChI=1S/C68H61F6N9O8S/c1-4-42-52(70)13-8-36-24-39(84)25-48(55(36)42)44-9-12-47-60(57(44)73)76-65(78-63(47)80-22-23-82-38(32-80)33-89-66(82)86)91-35-68-17-7-19-83(68)61(54(72)30-68)51-28-53(71)43(5-2)56-49(26-40(85)27-50(51)56)45-10-11-46-59(58(45)74)75-64(90-34-67-16-6-18-81(67)31-37(69)29-67)77-62(46)79-20-14-41(15-21-79)92(3,87)88/h1-2,8-13,24-28,37-38,41,54,61,84-85H,6-7,14-23,29-35H2,3H3/t37-,38-,54-,61?,67+,68+/m1/s1. The van der Waals surface area contributed by atoms with Crippen molar-refractivity contribution in [2.75, 3.05) is 88.2 Å². The smallest absolute Gasteiger partial charge is 0.410 e. The number of aromatic nitrogens is 4. The minimum absolute atomic E-state index is 0.0157. The molecule has 6 atom stereocenters. The van der Waals surface area contributed by atoms with Crippen molar-refractivity contribution >= 4 is 70.9 Å². The summed E-state index contributed by atoms with van der Waals surface area (Å²) >= 11 is 0. The van der Waals surface area contributed by atoms with Crippen molar-refractivity contribution in [2.45, 2.75) is 92.1 Å². The lowest BCUT2D eigenvalue weighted by Crippen LogP contribution is -2.52. The molecule has 0 bridgehead atoms. The molecule has 7 aliphatic heterocycles. The number of nitrogens with zero attached hydrogens (tertiary/aromatic N) is 9. The number of hydrogen-bond donors (Lipinski definition) is 2. The molecule has 1 amide bonds. The van der Waals surface area contributed by atoms with E-state index in [1.807, 2.05) is 14.7 Å². The SMILES string of the molecule is C#Cc1c(F)ccc2cc(O)cc(-c3ccc4c(N5CCN6C(=O)OC[C@H]6C5)nc(OC[C@@]56CCCN5C(c5cc(F)c(C#C)c7c(-c8ccc9c(N%10CCC(S(C)(=O)=O)CC%10)nc(OC[C@@]%10%11CCCN%10C[C@H](F)C%11)nc9c8F)cc(O)cc57)[C@H](F)C6)nc4c3F)c12. The number of carbonyl (C=O) groups is 1. The van der Waals surface area contributed by atoms with E-state index in [2.05, 4.69) is 26.7 Å². The lowest BCUT2D eigenvalue weighted by molar-refractivity contribution is 0.0831. The van der Waals surface area contributed by atoms with E-state index in [1.165, 1.54) is 54.8 Å². The van der Waals surface area contributed by atoms with Crippen LogP contribution in [-0.2, 0) is 14.6 Å². The number of terminal acetylenes is 2. The Labute approximate surface area is 524 Å². The molecule has 6 aromatic carbocycles. The van der Waals surface area contributed by atoms with Gasteiger partial charge >= 0.3 is 18.1 Å². The molecule has 92 heavy (non-hydrogen) atoms. The van der Waals surface area contributed by atoms with Crippen LogP contribution in [-0.4, -0.2) is 173 Å². The third-order valence-electron chi connectivity index (χ3n) is 20.3. The summed E-state index contributed by atoms with van der Waals surface area (Å²) in [6.45, 7) is 2.48. The predicted molar refractivity (Wildman–Crippen MR) is 333 cm³/mol. The Balaban J connectivity index is 0.799. The highest BCUT2D eigenvalue weighted by Crippen LogP contribution is 2.54. The first-order chi connectivity index (χ1) is 44.2. The van der Waals surface area contributed by atoms with E-state index < -0.39 is 73.9 Å². The van der Waals surface area contributed by atoms with Crippen LogP contribution in [0.4, 0.5) is 42.8 Å². The molecule has 8 aromatic rings. The van der Waals surface area contributed by atoms with E-state index in [0.29, 0.717) is 37.7 Å². The van der Waals surface area contributed by atoms with E-state index in [0.717, 1.165) is 12.5 Å². The molecule has 0 aliphatic carbocycles. The second-order valence-corrected chi connectivity index (χ2v) is 27.9. The number of carbonyl (C=O) groups excluding carboxylic acids is 1. The lowest BCUT2D eigenvalue weighted by Gasteiger charge is -2.37. The monoisotopic (exact) mass is 1280 g/mol. The number of hydrogen-bond acceptors (Lipinski definition) is 16. The van der Waals surface area contributed by atoms with Gasteiger partial charge in [0.1, 0.15) is 87.8 Å². The fourth-order valence-electron chi connectivity index (χ4n) is 16.1. The Bertz CT molecular complexity index is 4660. The summed E-state index contributed by atoms with van der Waals surface area (Å²) < 4.78 is 144. The van der Waals surface area contributed by atoms with Gasteiger partial charge in [0.15, 0.2) is 11.6 Å².